The number of amides is 2. The average Bonchev–Trinajstić information content (AvgIpc) is 3.56. The molecular weight excluding hydrogens is 614 g/mol. The van der Waals surface area contributed by atoms with Crippen molar-refractivity contribution in [3.63, 3.8) is 0 Å². The number of hydrogen-bond acceptors (Lipinski definition) is 4. The van der Waals surface area contributed by atoms with E-state index in [1.165, 1.54) is 11.1 Å². The number of ether oxygens (including phenoxy) is 1. The number of rotatable bonds is 7. The molecule has 222 valence electrons. The van der Waals surface area contributed by atoms with Crippen LogP contribution in [-0.2, 0) is 11.3 Å². The fourth-order valence-electron chi connectivity index (χ4n) is 7.10. The van der Waals surface area contributed by atoms with Gasteiger partial charge in [-0.2, -0.15) is 0 Å². The third-order valence-corrected chi connectivity index (χ3v) is 10.0. The largest absolute Gasteiger partial charge is 0.496 e. The Morgan fingerprint density at radius 2 is 1.57 bits per heavy atom. The van der Waals surface area contributed by atoms with Crippen molar-refractivity contribution < 1.29 is 14.3 Å². The van der Waals surface area contributed by atoms with Crippen molar-refractivity contribution in [2.75, 3.05) is 46.4 Å². The van der Waals surface area contributed by atoms with Crippen molar-refractivity contribution in [2.24, 2.45) is 11.3 Å². The van der Waals surface area contributed by atoms with Gasteiger partial charge in [0, 0.05) is 43.1 Å². The fraction of sp³-hybridized carbons (Fsp3) is 0.412. The Balaban J connectivity index is 0.00000353. The maximum atomic E-state index is 13.6. The lowest BCUT2D eigenvalue weighted by Gasteiger charge is -2.39. The molecule has 6 rings (SSSR count). The number of piperidine rings is 1. The van der Waals surface area contributed by atoms with Crippen LogP contribution in [0.25, 0.3) is 0 Å². The SMILES string of the molecule is COc1ccccc1C(=O)N1C[C@H](CN2CCC3(CC2)CCN(Cc2ccc(Br)cc2)C3=O)[C@@H](c2ccccc2)C1.Cl. The lowest BCUT2D eigenvalue weighted by atomic mass is 9.76. The van der Waals surface area contributed by atoms with E-state index in [-0.39, 0.29) is 29.6 Å². The summed E-state index contributed by atoms with van der Waals surface area (Å²) < 4.78 is 6.55. The highest BCUT2D eigenvalue weighted by Gasteiger charge is 2.48. The standard InChI is InChI=1S/C34H38BrN3O3.ClH/c1-41-31-10-6-5-9-29(31)32(39)38-23-27(30(24-38)26-7-3-2-4-8-26)22-36-18-15-34(16-19-36)17-20-37(33(34)40)21-25-11-13-28(35)14-12-25;/h2-14,27,30H,15-24H2,1H3;1H/t27-,30+;/m0./s1. The molecule has 0 N–H and O–H groups in total. The summed E-state index contributed by atoms with van der Waals surface area (Å²) >= 11 is 3.50. The minimum absolute atomic E-state index is 0. The van der Waals surface area contributed by atoms with E-state index >= 15 is 0 Å². The molecule has 8 heteroatoms. The van der Waals surface area contributed by atoms with E-state index in [0.29, 0.717) is 36.2 Å². The smallest absolute Gasteiger partial charge is 0.257 e. The van der Waals surface area contributed by atoms with Gasteiger partial charge in [0.15, 0.2) is 0 Å². The van der Waals surface area contributed by atoms with Crippen molar-refractivity contribution in [1.29, 1.82) is 0 Å². The number of carbonyl (C=O) groups is 2. The molecule has 0 aromatic heterocycles. The molecular formula is C34H39BrClN3O3. The summed E-state index contributed by atoms with van der Waals surface area (Å²) in [4.78, 5) is 33.8. The molecule has 3 aromatic rings. The first-order valence-electron chi connectivity index (χ1n) is 14.7. The van der Waals surface area contributed by atoms with Gasteiger partial charge in [0.05, 0.1) is 18.1 Å². The lowest BCUT2D eigenvalue weighted by Crippen LogP contribution is -2.46. The molecule has 0 saturated carbocycles. The minimum Gasteiger partial charge on any atom is -0.496 e. The molecule has 0 aliphatic carbocycles. The van der Waals surface area contributed by atoms with Gasteiger partial charge in [-0.3, -0.25) is 9.59 Å². The van der Waals surface area contributed by atoms with Crippen molar-refractivity contribution >= 4 is 40.2 Å². The quantitative estimate of drug-likeness (QED) is 0.303. The van der Waals surface area contributed by atoms with Crippen molar-refractivity contribution in [1.82, 2.24) is 14.7 Å². The molecule has 42 heavy (non-hydrogen) atoms. The Bertz CT molecular complexity index is 1380. The molecule has 0 bridgehead atoms. The maximum absolute atomic E-state index is 13.6. The Morgan fingerprint density at radius 3 is 2.29 bits per heavy atom. The van der Waals surface area contributed by atoms with Gasteiger partial charge in [0.1, 0.15) is 5.75 Å². The molecule has 3 aromatic carbocycles. The summed E-state index contributed by atoms with van der Waals surface area (Å²) in [5.74, 6) is 1.59. The number of para-hydroxylation sites is 1. The Labute approximate surface area is 263 Å². The van der Waals surface area contributed by atoms with Crippen LogP contribution in [0.15, 0.2) is 83.3 Å². The normalized spacial score (nSPS) is 21.9. The van der Waals surface area contributed by atoms with E-state index in [9.17, 15) is 9.59 Å². The summed E-state index contributed by atoms with van der Waals surface area (Å²) in [6.45, 7) is 5.74. The van der Waals surface area contributed by atoms with Gasteiger partial charge in [-0.15, -0.1) is 12.4 Å². The highest BCUT2D eigenvalue weighted by atomic mass is 79.9. The van der Waals surface area contributed by atoms with Crippen LogP contribution in [0, 0.1) is 11.3 Å². The molecule has 2 amide bonds. The number of hydrogen-bond donors (Lipinski definition) is 0. The van der Waals surface area contributed by atoms with Gasteiger partial charge in [-0.1, -0.05) is 70.5 Å². The van der Waals surface area contributed by atoms with Gasteiger partial charge in [-0.05, 0) is 73.7 Å². The Kier molecular flexibility index (Phi) is 9.60. The summed E-state index contributed by atoms with van der Waals surface area (Å²) in [6.07, 6.45) is 2.78. The highest BCUT2D eigenvalue weighted by molar-refractivity contribution is 9.10. The van der Waals surface area contributed by atoms with E-state index in [1.807, 2.05) is 47.4 Å². The number of benzene rings is 3. The van der Waals surface area contributed by atoms with Crippen molar-refractivity contribution in [3.05, 3.63) is 100 Å². The molecule has 1 spiro atoms. The van der Waals surface area contributed by atoms with Crippen LogP contribution in [0.5, 0.6) is 5.75 Å². The zero-order chi connectivity index (χ0) is 28.4. The second-order valence-electron chi connectivity index (χ2n) is 11.9. The van der Waals surface area contributed by atoms with Gasteiger partial charge in [0.25, 0.3) is 5.91 Å². The molecule has 3 heterocycles. The summed E-state index contributed by atoms with van der Waals surface area (Å²) in [7, 11) is 1.61. The van der Waals surface area contributed by atoms with Crippen LogP contribution < -0.4 is 4.74 Å². The first kappa shape index (κ1) is 30.6. The Morgan fingerprint density at radius 1 is 0.905 bits per heavy atom. The first-order chi connectivity index (χ1) is 20.0. The van der Waals surface area contributed by atoms with Crippen LogP contribution in [-0.4, -0.2) is 72.9 Å². The monoisotopic (exact) mass is 651 g/mol. The zero-order valence-corrected chi connectivity index (χ0v) is 26.5. The van der Waals surface area contributed by atoms with Crippen LogP contribution in [0.2, 0.25) is 0 Å². The van der Waals surface area contributed by atoms with Gasteiger partial charge in [0.2, 0.25) is 5.91 Å². The second kappa shape index (κ2) is 13.2. The summed E-state index contributed by atoms with van der Waals surface area (Å²) in [6, 6.07) is 26.4. The van der Waals surface area contributed by atoms with Crippen LogP contribution in [0.3, 0.4) is 0 Å². The van der Waals surface area contributed by atoms with E-state index in [0.717, 1.165) is 56.5 Å². The predicted octanol–water partition coefficient (Wildman–Crippen LogP) is 6.25. The van der Waals surface area contributed by atoms with E-state index in [1.54, 1.807) is 7.11 Å². The van der Waals surface area contributed by atoms with Crippen molar-refractivity contribution in [3.8, 4) is 5.75 Å². The van der Waals surface area contributed by atoms with Gasteiger partial charge in [-0.25, -0.2) is 0 Å². The maximum Gasteiger partial charge on any atom is 0.257 e. The molecule has 0 radical (unpaired) electrons. The molecule has 3 fully saturated rings. The van der Waals surface area contributed by atoms with Crippen LogP contribution in [0.1, 0.15) is 46.7 Å². The number of methoxy groups -OCH3 is 1. The van der Waals surface area contributed by atoms with Gasteiger partial charge >= 0.3 is 0 Å². The minimum atomic E-state index is -0.216. The zero-order valence-electron chi connectivity index (χ0n) is 24.1. The van der Waals surface area contributed by atoms with E-state index < -0.39 is 0 Å². The average molecular weight is 653 g/mol. The molecule has 3 aliphatic rings. The Hall–Kier alpha value is -2.87. The second-order valence-corrected chi connectivity index (χ2v) is 12.8. The summed E-state index contributed by atoms with van der Waals surface area (Å²) in [5, 5.41) is 0. The third-order valence-electron chi connectivity index (χ3n) is 9.49. The fourth-order valence-corrected chi connectivity index (χ4v) is 7.37. The lowest BCUT2D eigenvalue weighted by molar-refractivity contribution is -0.139. The molecule has 3 saturated heterocycles. The van der Waals surface area contributed by atoms with Crippen LogP contribution >= 0.6 is 28.3 Å². The predicted molar refractivity (Wildman–Crippen MR) is 171 cm³/mol. The number of halogens is 2. The third kappa shape index (κ3) is 6.24. The number of nitrogens with zero attached hydrogens (tertiary/aromatic N) is 3. The molecule has 0 unspecified atom stereocenters. The number of likely N-dealkylation sites (tertiary alicyclic amines) is 3. The molecule has 6 nitrogen and oxygen atoms in total. The first-order valence-corrected chi connectivity index (χ1v) is 15.5. The summed E-state index contributed by atoms with van der Waals surface area (Å²) in [5.41, 5.74) is 2.87. The van der Waals surface area contributed by atoms with Gasteiger partial charge < -0.3 is 19.4 Å². The van der Waals surface area contributed by atoms with Crippen LogP contribution in [0.4, 0.5) is 0 Å². The van der Waals surface area contributed by atoms with Crippen molar-refractivity contribution in [2.45, 2.75) is 31.7 Å². The van der Waals surface area contributed by atoms with E-state index in [4.69, 9.17) is 4.74 Å². The van der Waals surface area contributed by atoms with E-state index in [2.05, 4.69) is 62.1 Å². The highest BCUT2D eigenvalue weighted by Crippen LogP contribution is 2.43. The number of carbonyl (C=O) groups excluding carboxylic acids is 2. The topological polar surface area (TPSA) is 53.1 Å². The molecule has 2 atom stereocenters. The molecule has 3 aliphatic heterocycles.